The van der Waals surface area contributed by atoms with Gasteiger partial charge >= 0.3 is 5.92 Å². The molecule has 0 fully saturated rings. The van der Waals surface area contributed by atoms with Gasteiger partial charge in [0.2, 0.25) is 23.5 Å². The van der Waals surface area contributed by atoms with E-state index in [-0.39, 0.29) is 36.5 Å². The van der Waals surface area contributed by atoms with Crippen molar-refractivity contribution in [1.29, 1.82) is 0 Å². The summed E-state index contributed by atoms with van der Waals surface area (Å²) in [6, 6.07) is -3.72. The Hall–Kier alpha value is -2.59. The lowest BCUT2D eigenvalue weighted by molar-refractivity contribution is -0.160. The predicted octanol–water partition coefficient (Wildman–Crippen LogP) is 1.80. The van der Waals surface area contributed by atoms with E-state index in [1.807, 2.05) is 13.8 Å². The summed E-state index contributed by atoms with van der Waals surface area (Å²) in [4.78, 5) is 62.3. The van der Waals surface area contributed by atoms with Crippen LogP contribution in [0.3, 0.4) is 0 Å². The zero-order valence-electron chi connectivity index (χ0n) is 22.3. The highest BCUT2D eigenvalue weighted by atomic mass is 19.3. The maximum absolute atomic E-state index is 14.3. The number of alkyl halides is 2. The number of carbonyl (C=O) groups is 5. The molecule has 0 heterocycles. The van der Waals surface area contributed by atoms with Crippen molar-refractivity contribution in [1.82, 2.24) is 21.3 Å². The van der Waals surface area contributed by atoms with Gasteiger partial charge < -0.3 is 21.3 Å². The molecule has 0 aromatic carbocycles. The molecule has 0 aromatic rings. The molecule has 4 amide bonds. The maximum atomic E-state index is 14.3. The molecule has 0 aliphatic rings. The molecule has 0 spiro atoms. The Labute approximate surface area is 206 Å². The number of Topliss-reactive ketones (excluding diaryl/α,β-unsaturated/α-hetero) is 1. The third-order valence-corrected chi connectivity index (χ3v) is 5.27. The van der Waals surface area contributed by atoms with Crippen LogP contribution in [0.2, 0.25) is 0 Å². The van der Waals surface area contributed by atoms with Crippen molar-refractivity contribution in [2.24, 2.45) is 23.7 Å². The highest BCUT2D eigenvalue weighted by Crippen LogP contribution is 2.21. The van der Waals surface area contributed by atoms with Crippen LogP contribution in [0, 0.1) is 23.7 Å². The Kier molecular flexibility index (Phi) is 13.0. The van der Waals surface area contributed by atoms with Crippen molar-refractivity contribution in [3.63, 3.8) is 0 Å². The highest BCUT2D eigenvalue weighted by molar-refractivity contribution is 6.10. The number of rotatable bonds is 14. The molecule has 0 bridgehead atoms. The van der Waals surface area contributed by atoms with Gasteiger partial charge in [-0.25, -0.2) is 0 Å². The number of nitrogens with one attached hydrogen (secondary N) is 4. The molecule has 4 N–H and O–H groups in total. The molecule has 35 heavy (non-hydrogen) atoms. The molecule has 0 rings (SSSR count). The summed E-state index contributed by atoms with van der Waals surface area (Å²) in [5.74, 6) is -10.5. The molecular weight excluding hydrogens is 462 g/mol. The van der Waals surface area contributed by atoms with Crippen LogP contribution in [0.15, 0.2) is 0 Å². The summed E-state index contributed by atoms with van der Waals surface area (Å²) in [6.07, 6.45) is 0.0962. The third-order valence-electron chi connectivity index (χ3n) is 5.27. The molecule has 0 aliphatic carbocycles. The van der Waals surface area contributed by atoms with Crippen LogP contribution in [0.25, 0.3) is 0 Å². The predicted molar refractivity (Wildman–Crippen MR) is 128 cm³/mol. The Bertz CT molecular complexity index is 769. The molecule has 0 aromatic heterocycles. The van der Waals surface area contributed by atoms with Crippen LogP contribution in [-0.2, 0) is 24.0 Å². The number of halogens is 2. The maximum Gasteiger partial charge on any atom is 0.383 e. The first-order valence-corrected chi connectivity index (χ1v) is 12.0. The van der Waals surface area contributed by atoms with E-state index < -0.39 is 53.5 Å². The second kappa shape index (κ2) is 14.1. The Morgan fingerprint density at radius 3 is 1.57 bits per heavy atom. The minimum absolute atomic E-state index is 0.0865. The Balaban J connectivity index is 5.74. The first-order valence-electron chi connectivity index (χ1n) is 12.0. The fourth-order valence-electron chi connectivity index (χ4n) is 3.37. The van der Waals surface area contributed by atoms with Gasteiger partial charge in [0.15, 0.2) is 0 Å². The van der Waals surface area contributed by atoms with Crippen molar-refractivity contribution >= 4 is 29.4 Å². The quantitative estimate of drug-likeness (QED) is 0.268. The fraction of sp³-hybridized carbons (Fsp3) is 0.792. The van der Waals surface area contributed by atoms with Crippen molar-refractivity contribution < 1.29 is 32.8 Å². The van der Waals surface area contributed by atoms with Crippen molar-refractivity contribution in [3.8, 4) is 0 Å². The molecule has 11 heteroatoms. The molecule has 0 radical (unpaired) electrons. The minimum atomic E-state index is -4.33. The third kappa shape index (κ3) is 10.3. The van der Waals surface area contributed by atoms with Crippen molar-refractivity contribution in [2.45, 2.75) is 92.3 Å². The molecular formula is C24H42F2N4O5. The number of ketones is 1. The van der Waals surface area contributed by atoms with E-state index in [0.717, 1.165) is 7.05 Å². The van der Waals surface area contributed by atoms with E-state index in [4.69, 9.17) is 0 Å². The van der Waals surface area contributed by atoms with E-state index in [2.05, 4.69) is 16.0 Å². The molecule has 9 nitrogen and oxygen atoms in total. The van der Waals surface area contributed by atoms with Crippen molar-refractivity contribution in [2.75, 3.05) is 7.05 Å². The number of carbonyl (C=O) groups excluding carboxylic acids is 5. The van der Waals surface area contributed by atoms with Crippen LogP contribution < -0.4 is 21.3 Å². The highest BCUT2D eigenvalue weighted by Gasteiger charge is 2.50. The molecule has 3 atom stereocenters. The van der Waals surface area contributed by atoms with Gasteiger partial charge in [0.25, 0.3) is 5.91 Å². The Morgan fingerprint density at radius 2 is 1.17 bits per heavy atom. The van der Waals surface area contributed by atoms with E-state index >= 15 is 0 Å². The molecule has 0 saturated heterocycles. The van der Waals surface area contributed by atoms with Crippen LogP contribution in [0.1, 0.15) is 68.2 Å². The van der Waals surface area contributed by atoms with Crippen LogP contribution in [0.5, 0.6) is 0 Å². The average Bonchev–Trinajstić information content (AvgIpc) is 2.72. The summed E-state index contributed by atoms with van der Waals surface area (Å²) < 4.78 is 28.6. The van der Waals surface area contributed by atoms with Gasteiger partial charge in [-0.3, -0.25) is 24.0 Å². The fourth-order valence-corrected chi connectivity index (χ4v) is 3.37. The zero-order chi connectivity index (χ0) is 27.7. The zero-order valence-corrected chi connectivity index (χ0v) is 22.3. The van der Waals surface area contributed by atoms with Gasteiger partial charge in [0.1, 0.15) is 12.1 Å². The lowest BCUT2D eigenvalue weighted by Gasteiger charge is -2.29. The van der Waals surface area contributed by atoms with E-state index in [9.17, 15) is 32.8 Å². The summed E-state index contributed by atoms with van der Waals surface area (Å²) in [7, 11) is 0.981. The van der Waals surface area contributed by atoms with Crippen LogP contribution in [-0.4, -0.2) is 60.5 Å². The first-order chi connectivity index (χ1) is 15.9. The summed E-state index contributed by atoms with van der Waals surface area (Å²) in [5, 5.41) is 9.31. The van der Waals surface area contributed by atoms with Gasteiger partial charge in [-0.15, -0.1) is 0 Å². The summed E-state index contributed by atoms with van der Waals surface area (Å²) in [6.45, 7) is 13.9. The normalized spacial score (nSPS) is 14.5. The molecule has 1 unspecified atom stereocenters. The van der Waals surface area contributed by atoms with Crippen LogP contribution in [0.4, 0.5) is 8.78 Å². The van der Waals surface area contributed by atoms with Crippen molar-refractivity contribution in [3.05, 3.63) is 0 Å². The van der Waals surface area contributed by atoms with E-state index in [0.29, 0.717) is 0 Å². The smallest absolute Gasteiger partial charge is 0.354 e. The summed E-state index contributed by atoms with van der Waals surface area (Å²) in [5.41, 5.74) is 0. The monoisotopic (exact) mass is 504 g/mol. The number of hydrogen-bond donors (Lipinski definition) is 4. The lowest BCUT2D eigenvalue weighted by Crippen LogP contribution is -2.60. The molecule has 0 saturated carbocycles. The molecule has 0 aliphatic heterocycles. The standard InChI is InChI=1S/C24H42F2N4O5/c1-12(2)10-16(20(32)24(25,26)23(35)27-9)28-21(33)19(15(7)8)30-22(34)18(14(5)6)29-17(31)11-13(3)4/h12-16,18-19H,10-11H2,1-9H3,(H,27,35)(H,28,33)(H,29,31)(H,30,34)/t16?,18-,19-/m0/s1. The minimum Gasteiger partial charge on any atom is -0.354 e. The first kappa shape index (κ1) is 32.4. The molecule has 202 valence electrons. The topological polar surface area (TPSA) is 133 Å². The van der Waals surface area contributed by atoms with Gasteiger partial charge in [-0.2, -0.15) is 8.78 Å². The average molecular weight is 505 g/mol. The second-order valence-corrected chi connectivity index (χ2v) is 10.3. The van der Waals surface area contributed by atoms with Gasteiger partial charge in [0, 0.05) is 13.5 Å². The van der Waals surface area contributed by atoms with E-state index in [1.165, 1.54) is 0 Å². The summed E-state index contributed by atoms with van der Waals surface area (Å²) >= 11 is 0. The lowest BCUT2D eigenvalue weighted by atomic mass is 9.94. The van der Waals surface area contributed by atoms with Gasteiger partial charge in [-0.1, -0.05) is 55.4 Å². The van der Waals surface area contributed by atoms with Crippen LogP contribution >= 0.6 is 0 Å². The Morgan fingerprint density at radius 1 is 0.714 bits per heavy atom. The SMILES string of the molecule is CNC(=O)C(F)(F)C(=O)C(CC(C)C)NC(=O)[C@@H](NC(=O)[C@@H](NC(=O)CC(C)C)C(C)C)C(C)C. The number of hydrogen-bond acceptors (Lipinski definition) is 5. The van der Waals surface area contributed by atoms with Gasteiger partial charge in [0.05, 0.1) is 6.04 Å². The second-order valence-electron chi connectivity index (χ2n) is 10.3. The van der Waals surface area contributed by atoms with Gasteiger partial charge in [-0.05, 0) is 30.1 Å². The largest absolute Gasteiger partial charge is 0.383 e. The number of amides is 4. The van der Waals surface area contributed by atoms with E-state index in [1.54, 1.807) is 46.9 Å².